The molecule has 1 fully saturated rings. The zero-order valence-electron chi connectivity index (χ0n) is 15.2. The fourth-order valence-corrected chi connectivity index (χ4v) is 3.37. The highest BCUT2D eigenvalue weighted by Gasteiger charge is 2.59. The molecule has 12 heteroatoms. The Balaban J connectivity index is 2.18. The zero-order valence-corrected chi connectivity index (χ0v) is 15.2. The van der Waals surface area contributed by atoms with Gasteiger partial charge in [0.05, 0.1) is 16.3 Å². The standard InChI is InChI=1S/C18H15F7N2O3/c19-9-16(10-20)7-14(26-5-1-2-12(26)8-27(28)29)13-6-11(3-4-15(13)30-16)17(21,22)18(23,24)25/h3-4,6-8H,1-2,5,9-10H2/b12-8-. The van der Waals surface area contributed by atoms with E-state index in [1.54, 1.807) is 0 Å². The van der Waals surface area contributed by atoms with E-state index in [-0.39, 0.29) is 35.7 Å². The second-order valence-electron chi connectivity index (χ2n) is 6.91. The number of benzene rings is 1. The summed E-state index contributed by atoms with van der Waals surface area (Å²) in [6.07, 6.45) is -3.66. The maximum atomic E-state index is 13.9. The lowest BCUT2D eigenvalue weighted by Crippen LogP contribution is -2.43. The Morgan fingerprint density at radius 2 is 1.87 bits per heavy atom. The second-order valence-corrected chi connectivity index (χ2v) is 6.91. The molecule has 5 nitrogen and oxygen atoms in total. The van der Waals surface area contributed by atoms with Gasteiger partial charge in [-0.05, 0) is 37.1 Å². The lowest BCUT2D eigenvalue weighted by Gasteiger charge is -2.36. The average Bonchev–Trinajstić information content (AvgIpc) is 3.12. The van der Waals surface area contributed by atoms with Crippen LogP contribution in [0, 0.1) is 10.1 Å². The number of allylic oxidation sites excluding steroid dienone is 1. The van der Waals surface area contributed by atoms with E-state index in [0.717, 1.165) is 12.1 Å². The van der Waals surface area contributed by atoms with Gasteiger partial charge >= 0.3 is 12.1 Å². The SMILES string of the molecule is O=[N+]([O-])/C=C1/CCCN1C1=CC(CF)(CF)Oc2ccc(C(F)(F)C(F)(F)F)cc21. The maximum absolute atomic E-state index is 13.9. The molecule has 2 aliphatic heterocycles. The highest BCUT2D eigenvalue weighted by molar-refractivity contribution is 5.74. The lowest BCUT2D eigenvalue weighted by atomic mass is 9.94. The maximum Gasteiger partial charge on any atom is 0.458 e. The second kappa shape index (κ2) is 7.47. The summed E-state index contributed by atoms with van der Waals surface area (Å²) in [4.78, 5) is 11.4. The zero-order chi connectivity index (χ0) is 22.3. The van der Waals surface area contributed by atoms with Gasteiger partial charge < -0.3 is 9.64 Å². The first-order chi connectivity index (χ1) is 13.9. The number of hydrogen-bond donors (Lipinski definition) is 0. The molecule has 3 rings (SSSR count). The molecule has 0 unspecified atom stereocenters. The van der Waals surface area contributed by atoms with Crippen LogP contribution in [0.2, 0.25) is 0 Å². The number of ether oxygens (including phenoxy) is 1. The largest absolute Gasteiger partial charge is 0.477 e. The van der Waals surface area contributed by atoms with Crippen molar-refractivity contribution in [3.05, 3.63) is 57.4 Å². The van der Waals surface area contributed by atoms with Gasteiger partial charge in [-0.15, -0.1) is 0 Å². The normalized spacial score (nSPS) is 20.0. The molecule has 0 aromatic heterocycles. The van der Waals surface area contributed by atoms with Gasteiger partial charge in [0, 0.05) is 17.7 Å². The molecule has 2 aliphatic rings. The van der Waals surface area contributed by atoms with Crippen molar-refractivity contribution in [1.29, 1.82) is 0 Å². The first-order valence-corrected chi connectivity index (χ1v) is 8.69. The van der Waals surface area contributed by atoms with Gasteiger partial charge in [-0.2, -0.15) is 22.0 Å². The van der Waals surface area contributed by atoms with Gasteiger partial charge in [-0.3, -0.25) is 10.1 Å². The van der Waals surface area contributed by atoms with Gasteiger partial charge in [0.2, 0.25) is 0 Å². The Kier molecular flexibility index (Phi) is 5.46. The van der Waals surface area contributed by atoms with Crippen molar-refractivity contribution in [2.45, 2.75) is 30.5 Å². The van der Waals surface area contributed by atoms with Crippen molar-refractivity contribution < 1.29 is 40.4 Å². The van der Waals surface area contributed by atoms with Crippen LogP contribution in [0.3, 0.4) is 0 Å². The summed E-state index contributed by atoms with van der Waals surface area (Å²) in [6, 6.07) is 1.77. The van der Waals surface area contributed by atoms with E-state index in [2.05, 4.69) is 0 Å². The summed E-state index contributed by atoms with van der Waals surface area (Å²) in [7, 11) is 0. The summed E-state index contributed by atoms with van der Waals surface area (Å²) in [5.74, 6) is -5.50. The van der Waals surface area contributed by atoms with Crippen LogP contribution in [0.25, 0.3) is 5.70 Å². The van der Waals surface area contributed by atoms with E-state index in [1.165, 1.54) is 4.90 Å². The molecule has 0 radical (unpaired) electrons. The van der Waals surface area contributed by atoms with Gasteiger partial charge in [0.1, 0.15) is 19.1 Å². The predicted molar refractivity (Wildman–Crippen MR) is 90.7 cm³/mol. The van der Waals surface area contributed by atoms with Crippen molar-refractivity contribution >= 4 is 5.70 Å². The van der Waals surface area contributed by atoms with E-state index in [1.807, 2.05) is 0 Å². The van der Waals surface area contributed by atoms with Crippen LogP contribution in [0.1, 0.15) is 24.0 Å². The molecule has 0 N–H and O–H groups in total. The Morgan fingerprint density at radius 3 is 2.43 bits per heavy atom. The molecule has 0 saturated carbocycles. The summed E-state index contributed by atoms with van der Waals surface area (Å²) < 4.78 is 98.5. The average molecular weight is 440 g/mol. The molecule has 164 valence electrons. The van der Waals surface area contributed by atoms with Gasteiger partial charge in [-0.1, -0.05) is 0 Å². The first-order valence-electron chi connectivity index (χ1n) is 8.69. The number of alkyl halides is 7. The predicted octanol–water partition coefficient (Wildman–Crippen LogP) is 4.97. The third kappa shape index (κ3) is 3.70. The van der Waals surface area contributed by atoms with E-state index in [0.29, 0.717) is 24.8 Å². The number of nitro groups is 1. The minimum atomic E-state index is -5.87. The molecule has 1 saturated heterocycles. The molecule has 0 aliphatic carbocycles. The van der Waals surface area contributed by atoms with Crippen LogP contribution in [0.4, 0.5) is 30.7 Å². The first kappa shape index (κ1) is 21.9. The molecular weight excluding hydrogens is 425 g/mol. The highest BCUT2D eigenvalue weighted by Crippen LogP contribution is 2.48. The summed E-state index contributed by atoms with van der Waals surface area (Å²) in [6.45, 7) is -2.57. The number of rotatable bonds is 5. The highest BCUT2D eigenvalue weighted by atomic mass is 19.4. The summed E-state index contributed by atoms with van der Waals surface area (Å²) in [5.41, 5.74) is -3.80. The Morgan fingerprint density at radius 1 is 1.20 bits per heavy atom. The Labute approximate surface area is 165 Å². The molecule has 0 atom stereocenters. The van der Waals surface area contributed by atoms with Gasteiger partial charge in [0.15, 0.2) is 5.60 Å². The quantitative estimate of drug-likeness (QED) is 0.369. The monoisotopic (exact) mass is 440 g/mol. The van der Waals surface area contributed by atoms with Crippen LogP contribution in [-0.2, 0) is 5.92 Å². The molecule has 0 bridgehead atoms. The lowest BCUT2D eigenvalue weighted by molar-refractivity contribution is -0.404. The topological polar surface area (TPSA) is 55.6 Å². The molecule has 1 aromatic carbocycles. The van der Waals surface area contributed by atoms with Crippen LogP contribution < -0.4 is 4.74 Å². The van der Waals surface area contributed by atoms with E-state index in [4.69, 9.17) is 4.74 Å². The molecule has 0 amide bonds. The Bertz CT molecular complexity index is 908. The number of likely N-dealkylation sites (tertiary alicyclic amines) is 1. The van der Waals surface area contributed by atoms with E-state index in [9.17, 15) is 40.8 Å². The van der Waals surface area contributed by atoms with Crippen molar-refractivity contribution in [3.63, 3.8) is 0 Å². The minimum Gasteiger partial charge on any atom is -0.477 e. The van der Waals surface area contributed by atoms with Gasteiger partial charge in [-0.25, -0.2) is 8.78 Å². The smallest absolute Gasteiger partial charge is 0.458 e. The molecule has 30 heavy (non-hydrogen) atoms. The third-order valence-corrected chi connectivity index (χ3v) is 4.85. The number of hydrogen-bond acceptors (Lipinski definition) is 4. The number of nitrogens with zero attached hydrogens (tertiary/aromatic N) is 2. The van der Waals surface area contributed by atoms with Gasteiger partial charge in [0.25, 0.3) is 6.20 Å². The fourth-order valence-electron chi connectivity index (χ4n) is 3.37. The molecule has 2 heterocycles. The van der Waals surface area contributed by atoms with Crippen LogP contribution in [-0.4, -0.2) is 41.5 Å². The molecular formula is C18H15F7N2O3. The van der Waals surface area contributed by atoms with Crippen LogP contribution >= 0.6 is 0 Å². The van der Waals surface area contributed by atoms with Crippen molar-refractivity contribution in [2.24, 2.45) is 0 Å². The fraction of sp³-hybridized carbons (Fsp3) is 0.444. The summed E-state index contributed by atoms with van der Waals surface area (Å²) in [5, 5.41) is 10.9. The van der Waals surface area contributed by atoms with Crippen molar-refractivity contribution in [2.75, 3.05) is 19.9 Å². The van der Waals surface area contributed by atoms with Crippen LogP contribution in [0.15, 0.2) is 36.2 Å². The third-order valence-electron chi connectivity index (χ3n) is 4.85. The van der Waals surface area contributed by atoms with Crippen molar-refractivity contribution in [1.82, 2.24) is 4.90 Å². The summed E-state index contributed by atoms with van der Waals surface area (Å²) >= 11 is 0. The Hall–Kier alpha value is -2.79. The molecule has 1 aromatic rings. The molecule has 0 spiro atoms. The van der Waals surface area contributed by atoms with Crippen LogP contribution in [0.5, 0.6) is 5.75 Å². The van der Waals surface area contributed by atoms with E-state index >= 15 is 0 Å². The van der Waals surface area contributed by atoms with Crippen molar-refractivity contribution in [3.8, 4) is 5.75 Å². The number of fused-ring (bicyclic) bond motifs is 1. The minimum absolute atomic E-state index is 0.124. The number of halogens is 7. The van der Waals surface area contributed by atoms with E-state index < -0.39 is 41.5 Å².